The highest BCUT2D eigenvalue weighted by atomic mass is 35.5. The molecular weight excluding hydrogens is 438 g/mol. The van der Waals surface area contributed by atoms with Crippen molar-refractivity contribution in [2.24, 2.45) is 14.1 Å². The van der Waals surface area contributed by atoms with Gasteiger partial charge in [0.1, 0.15) is 0 Å². The van der Waals surface area contributed by atoms with Crippen LogP contribution < -0.4 is 11.0 Å². The van der Waals surface area contributed by atoms with Crippen molar-refractivity contribution in [3.8, 4) is 0 Å². The summed E-state index contributed by atoms with van der Waals surface area (Å²) in [6.07, 6.45) is 3.92. The molecule has 4 rings (SSSR count). The van der Waals surface area contributed by atoms with Crippen molar-refractivity contribution in [3.63, 3.8) is 0 Å². The van der Waals surface area contributed by atoms with Crippen molar-refractivity contribution in [1.29, 1.82) is 0 Å². The van der Waals surface area contributed by atoms with Gasteiger partial charge in [0.2, 0.25) is 0 Å². The van der Waals surface area contributed by atoms with Crippen LogP contribution in [-0.2, 0) is 23.9 Å². The summed E-state index contributed by atoms with van der Waals surface area (Å²) in [7, 11) is -0.503. The molecule has 1 saturated carbocycles. The number of sulfone groups is 1. The van der Waals surface area contributed by atoms with Crippen molar-refractivity contribution in [2.45, 2.75) is 42.2 Å². The molecule has 0 aliphatic heterocycles. The van der Waals surface area contributed by atoms with Crippen molar-refractivity contribution in [3.05, 3.63) is 57.5 Å². The maximum atomic E-state index is 13.6. The second-order valence-electron chi connectivity index (χ2n) is 7.98. The third kappa shape index (κ3) is 3.78. The second kappa shape index (κ2) is 8.16. The first-order chi connectivity index (χ1) is 14.7. The Labute approximate surface area is 185 Å². The zero-order chi connectivity index (χ0) is 22.3. The van der Waals surface area contributed by atoms with Crippen LogP contribution in [0.15, 0.2) is 46.1 Å². The first-order valence-electron chi connectivity index (χ1n) is 10.2. The molecule has 1 heterocycles. The fourth-order valence-electron chi connectivity index (χ4n) is 4.25. The first kappa shape index (κ1) is 21.6. The number of aromatic nitrogens is 2. The van der Waals surface area contributed by atoms with Gasteiger partial charge in [-0.2, -0.15) is 0 Å². The van der Waals surface area contributed by atoms with E-state index in [1.165, 1.54) is 15.2 Å². The summed E-state index contributed by atoms with van der Waals surface area (Å²) >= 11 is 6.15. The lowest BCUT2D eigenvalue weighted by Gasteiger charge is -2.23. The normalized spacial score (nSPS) is 15.3. The van der Waals surface area contributed by atoms with E-state index in [-0.39, 0.29) is 26.9 Å². The van der Waals surface area contributed by atoms with Crippen LogP contribution in [0.1, 0.15) is 42.5 Å². The standard InChI is InChI=1S/C22H24ClN3O4S/c1-25-18-12-17(24-21(27)15-10-6-7-11-16(15)23)20(13-19(18)26(2)22(25)28)31(29,30)14-8-4-3-5-9-14/h6-7,10-14H,3-5,8-9H2,1-2H3,(H,24,27). The molecule has 164 valence electrons. The molecule has 1 aliphatic carbocycles. The van der Waals surface area contributed by atoms with Crippen LogP contribution >= 0.6 is 11.6 Å². The Morgan fingerprint density at radius 3 is 2.29 bits per heavy atom. The van der Waals surface area contributed by atoms with Crippen LogP contribution in [0.5, 0.6) is 0 Å². The Morgan fingerprint density at radius 2 is 1.65 bits per heavy atom. The molecule has 0 saturated heterocycles. The topological polar surface area (TPSA) is 90.2 Å². The molecule has 0 bridgehead atoms. The van der Waals surface area contributed by atoms with Crippen LogP contribution in [0.2, 0.25) is 5.02 Å². The van der Waals surface area contributed by atoms with Gasteiger partial charge in [-0.1, -0.05) is 43.0 Å². The molecule has 1 fully saturated rings. The van der Waals surface area contributed by atoms with Crippen molar-refractivity contribution in [2.75, 3.05) is 5.32 Å². The number of nitrogens with zero attached hydrogens (tertiary/aromatic N) is 2. The van der Waals surface area contributed by atoms with Gasteiger partial charge in [0.15, 0.2) is 9.84 Å². The summed E-state index contributed by atoms with van der Waals surface area (Å²) in [6, 6.07) is 9.63. The number of carbonyl (C=O) groups excluding carboxylic acids is 1. The predicted molar refractivity (Wildman–Crippen MR) is 122 cm³/mol. The lowest BCUT2D eigenvalue weighted by atomic mass is 10.0. The number of anilines is 1. The molecule has 31 heavy (non-hydrogen) atoms. The number of imidazole rings is 1. The van der Waals surface area contributed by atoms with Crippen LogP contribution in [0.3, 0.4) is 0 Å². The number of hydrogen-bond acceptors (Lipinski definition) is 4. The maximum Gasteiger partial charge on any atom is 0.328 e. The van der Waals surface area contributed by atoms with Gasteiger partial charge in [0.05, 0.1) is 37.5 Å². The summed E-state index contributed by atoms with van der Waals surface area (Å²) in [5, 5.41) is 2.50. The number of carbonyl (C=O) groups is 1. The van der Waals surface area contributed by atoms with E-state index in [0.717, 1.165) is 19.3 Å². The number of fused-ring (bicyclic) bond motifs is 1. The van der Waals surface area contributed by atoms with E-state index < -0.39 is 21.0 Å². The monoisotopic (exact) mass is 461 g/mol. The van der Waals surface area contributed by atoms with E-state index >= 15 is 0 Å². The lowest BCUT2D eigenvalue weighted by molar-refractivity contribution is 0.102. The van der Waals surface area contributed by atoms with Gasteiger partial charge in [-0.3, -0.25) is 13.9 Å². The molecular formula is C22H24ClN3O4S. The van der Waals surface area contributed by atoms with Crippen molar-refractivity contribution < 1.29 is 13.2 Å². The van der Waals surface area contributed by atoms with E-state index in [2.05, 4.69) is 5.32 Å². The van der Waals surface area contributed by atoms with Crippen LogP contribution in [0.4, 0.5) is 5.69 Å². The van der Waals surface area contributed by atoms with Gasteiger partial charge in [0, 0.05) is 14.1 Å². The Hall–Kier alpha value is -2.58. The summed E-state index contributed by atoms with van der Waals surface area (Å²) in [6.45, 7) is 0. The minimum Gasteiger partial charge on any atom is -0.321 e. The Bertz CT molecular complexity index is 1330. The lowest BCUT2D eigenvalue weighted by Crippen LogP contribution is -2.25. The number of amides is 1. The molecule has 9 heteroatoms. The molecule has 1 amide bonds. The van der Waals surface area contributed by atoms with Crippen LogP contribution in [0, 0.1) is 0 Å². The van der Waals surface area contributed by atoms with Gasteiger partial charge >= 0.3 is 5.69 Å². The molecule has 0 radical (unpaired) electrons. The van der Waals surface area contributed by atoms with E-state index in [1.54, 1.807) is 44.4 Å². The van der Waals surface area contributed by atoms with E-state index in [0.29, 0.717) is 23.9 Å². The van der Waals surface area contributed by atoms with Crippen molar-refractivity contribution >= 4 is 44.1 Å². The average Bonchev–Trinajstić information content (AvgIpc) is 2.97. The smallest absolute Gasteiger partial charge is 0.321 e. The predicted octanol–water partition coefficient (Wildman–Crippen LogP) is 3.89. The Morgan fingerprint density at radius 1 is 1.03 bits per heavy atom. The number of hydrogen-bond donors (Lipinski definition) is 1. The highest BCUT2D eigenvalue weighted by Gasteiger charge is 2.32. The number of rotatable bonds is 4. The summed E-state index contributed by atoms with van der Waals surface area (Å²) in [5.41, 5.74) is 1.16. The van der Waals surface area contributed by atoms with Gasteiger partial charge in [0.25, 0.3) is 5.91 Å². The molecule has 1 aliphatic rings. The minimum atomic E-state index is -3.71. The molecule has 0 unspecified atom stereocenters. The molecule has 2 aromatic carbocycles. The largest absolute Gasteiger partial charge is 0.328 e. The zero-order valence-corrected chi connectivity index (χ0v) is 19.0. The maximum absolute atomic E-state index is 13.6. The average molecular weight is 462 g/mol. The highest BCUT2D eigenvalue weighted by Crippen LogP contribution is 2.35. The molecule has 7 nitrogen and oxygen atoms in total. The summed E-state index contributed by atoms with van der Waals surface area (Å²) in [4.78, 5) is 25.4. The minimum absolute atomic E-state index is 0.0357. The zero-order valence-electron chi connectivity index (χ0n) is 17.4. The molecule has 1 aromatic heterocycles. The third-order valence-electron chi connectivity index (χ3n) is 6.04. The van der Waals surface area contributed by atoms with Gasteiger partial charge in [-0.15, -0.1) is 0 Å². The third-order valence-corrected chi connectivity index (χ3v) is 8.67. The molecule has 1 N–H and O–H groups in total. The van der Waals surface area contributed by atoms with Gasteiger partial charge in [-0.25, -0.2) is 13.2 Å². The Balaban J connectivity index is 1.89. The van der Waals surface area contributed by atoms with Gasteiger partial charge < -0.3 is 5.32 Å². The van der Waals surface area contributed by atoms with E-state index in [1.807, 2.05) is 0 Å². The van der Waals surface area contributed by atoms with E-state index in [9.17, 15) is 18.0 Å². The van der Waals surface area contributed by atoms with Gasteiger partial charge in [-0.05, 0) is 37.1 Å². The molecule has 3 aromatic rings. The SMILES string of the molecule is Cn1c(=O)n(C)c2cc(S(=O)(=O)C3CCCCC3)c(NC(=O)c3ccccc3Cl)cc21. The molecule has 0 spiro atoms. The number of halogens is 1. The van der Waals surface area contributed by atoms with Crippen molar-refractivity contribution in [1.82, 2.24) is 9.13 Å². The first-order valence-corrected chi connectivity index (χ1v) is 12.1. The van der Waals surface area contributed by atoms with Crippen LogP contribution in [0.25, 0.3) is 11.0 Å². The van der Waals surface area contributed by atoms with E-state index in [4.69, 9.17) is 11.6 Å². The number of benzene rings is 2. The number of aryl methyl sites for hydroxylation is 2. The Kier molecular flexibility index (Phi) is 5.70. The molecule has 0 atom stereocenters. The fourth-order valence-corrected chi connectivity index (χ4v) is 6.48. The number of nitrogens with one attached hydrogen (secondary N) is 1. The highest BCUT2D eigenvalue weighted by molar-refractivity contribution is 7.92. The summed E-state index contributed by atoms with van der Waals surface area (Å²) in [5.74, 6) is -0.508. The second-order valence-corrected chi connectivity index (χ2v) is 10.6. The summed E-state index contributed by atoms with van der Waals surface area (Å²) < 4.78 is 30.0. The van der Waals surface area contributed by atoms with Crippen LogP contribution in [-0.4, -0.2) is 28.7 Å². The quantitative estimate of drug-likeness (QED) is 0.638. The fraction of sp³-hybridized carbons (Fsp3) is 0.364.